The minimum absolute atomic E-state index is 0.192. The van der Waals surface area contributed by atoms with E-state index in [0.29, 0.717) is 30.2 Å². The van der Waals surface area contributed by atoms with Gasteiger partial charge in [-0.05, 0) is 57.0 Å². The second kappa shape index (κ2) is 7.72. The summed E-state index contributed by atoms with van der Waals surface area (Å²) in [6.45, 7) is 3.98. The van der Waals surface area contributed by atoms with Crippen molar-refractivity contribution in [1.82, 2.24) is 9.88 Å². The molecule has 1 aromatic carbocycles. The number of carbonyl (C=O) groups excluding carboxylic acids is 1. The van der Waals surface area contributed by atoms with Crippen LogP contribution in [0.5, 0.6) is 0 Å². The van der Waals surface area contributed by atoms with Crippen molar-refractivity contribution < 1.29 is 22.4 Å². The largest absolute Gasteiger partial charge is 0.441 e. The predicted molar refractivity (Wildman–Crippen MR) is 93.5 cm³/mol. The van der Waals surface area contributed by atoms with Gasteiger partial charge in [0.1, 0.15) is 5.76 Å². The number of alkyl halides is 3. The highest BCUT2D eigenvalue weighted by Gasteiger charge is 2.31. The second-order valence-corrected chi connectivity index (χ2v) is 6.99. The summed E-state index contributed by atoms with van der Waals surface area (Å²) in [5, 5.41) is 0. The zero-order valence-corrected chi connectivity index (χ0v) is 15.1. The van der Waals surface area contributed by atoms with Crippen LogP contribution in [-0.2, 0) is 17.5 Å². The summed E-state index contributed by atoms with van der Waals surface area (Å²) in [7, 11) is 0. The minimum atomic E-state index is -4.41. The van der Waals surface area contributed by atoms with Gasteiger partial charge in [0, 0.05) is 18.5 Å². The predicted octanol–water partition coefficient (Wildman–Crippen LogP) is 3.76. The van der Waals surface area contributed by atoms with Crippen LogP contribution >= 0.6 is 0 Å². The molecule has 0 bridgehead atoms. The smallest absolute Gasteiger partial charge is 0.416 e. The molecule has 8 heteroatoms. The number of aromatic nitrogens is 1. The Kier molecular flexibility index (Phi) is 5.55. The van der Waals surface area contributed by atoms with Crippen LogP contribution in [0.1, 0.15) is 36.3 Å². The van der Waals surface area contributed by atoms with Crippen molar-refractivity contribution in [3.8, 4) is 11.5 Å². The first-order valence-corrected chi connectivity index (χ1v) is 8.87. The van der Waals surface area contributed by atoms with Crippen molar-refractivity contribution in [3.05, 3.63) is 41.3 Å². The van der Waals surface area contributed by atoms with E-state index in [4.69, 9.17) is 10.2 Å². The molecule has 3 rings (SSSR count). The molecule has 1 aliphatic heterocycles. The van der Waals surface area contributed by atoms with Crippen LogP contribution in [-0.4, -0.2) is 28.9 Å². The van der Waals surface area contributed by atoms with Crippen molar-refractivity contribution in [1.29, 1.82) is 0 Å². The average Bonchev–Trinajstić information content (AvgIpc) is 2.96. The topological polar surface area (TPSA) is 72.4 Å². The van der Waals surface area contributed by atoms with Crippen LogP contribution in [0.2, 0.25) is 0 Å². The lowest BCUT2D eigenvalue weighted by atomic mass is 9.93. The third kappa shape index (κ3) is 4.88. The van der Waals surface area contributed by atoms with E-state index in [1.165, 1.54) is 6.07 Å². The number of primary amides is 1. The lowest BCUT2D eigenvalue weighted by Gasteiger charge is -2.30. The normalized spacial score (nSPS) is 16.6. The summed E-state index contributed by atoms with van der Waals surface area (Å²) >= 11 is 0. The summed E-state index contributed by atoms with van der Waals surface area (Å²) in [6, 6.07) is 4.97. The molecule has 5 nitrogen and oxygen atoms in total. The third-order valence-electron chi connectivity index (χ3n) is 4.90. The van der Waals surface area contributed by atoms with E-state index in [-0.39, 0.29) is 11.8 Å². The Bertz CT molecular complexity index is 809. The van der Waals surface area contributed by atoms with Gasteiger partial charge >= 0.3 is 6.18 Å². The van der Waals surface area contributed by atoms with Crippen LogP contribution in [0.4, 0.5) is 13.2 Å². The van der Waals surface area contributed by atoms with Gasteiger partial charge in [-0.1, -0.05) is 6.07 Å². The summed E-state index contributed by atoms with van der Waals surface area (Å²) in [6.07, 6.45) is -2.22. The van der Waals surface area contributed by atoms with Crippen LogP contribution in [0.25, 0.3) is 11.5 Å². The maximum absolute atomic E-state index is 12.9. The highest BCUT2D eigenvalue weighted by molar-refractivity contribution is 5.74. The van der Waals surface area contributed by atoms with E-state index in [0.717, 1.165) is 43.8 Å². The Morgan fingerprint density at radius 3 is 2.67 bits per heavy atom. The number of carbonyl (C=O) groups is 1. The first kappa shape index (κ1) is 19.4. The molecular weight excluding hydrogens is 359 g/mol. The molecule has 2 N–H and O–H groups in total. The van der Waals surface area contributed by atoms with E-state index < -0.39 is 11.7 Å². The summed E-state index contributed by atoms with van der Waals surface area (Å²) in [4.78, 5) is 17.6. The number of benzene rings is 1. The van der Waals surface area contributed by atoms with Crippen LogP contribution in [0, 0.1) is 12.8 Å². The van der Waals surface area contributed by atoms with Crippen molar-refractivity contribution >= 4 is 5.91 Å². The number of hydrogen-bond acceptors (Lipinski definition) is 4. The minimum Gasteiger partial charge on any atom is -0.441 e. The second-order valence-electron chi connectivity index (χ2n) is 6.99. The van der Waals surface area contributed by atoms with Crippen LogP contribution in [0.3, 0.4) is 0 Å². The maximum Gasteiger partial charge on any atom is 0.416 e. The van der Waals surface area contributed by atoms with Gasteiger partial charge in [-0.2, -0.15) is 13.2 Å². The molecule has 1 aromatic heterocycles. The fourth-order valence-corrected chi connectivity index (χ4v) is 3.37. The number of nitrogens with zero attached hydrogens (tertiary/aromatic N) is 2. The third-order valence-corrected chi connectivity index (χ3v) is 4.90. The zero-order chi connectivity index (χ0) is 19.6. The molecule has 0 unspecified atom stereocenters. The number of oxazole rings is 1. The summed E-state index contributed by atoms with van der Waals surface area (Å²) < 4.78 is 44.3. The molecule has 1 aliphatic rings. The monoisotopic (exact) mass is 381 g/mol. The number of hydrogen-bond donors (Lipinski definition) is 1. The van der Waals surface area contributed by atoms with E-state index in [1.807, 2.05) is 0 Å². The summed E-state index contributed by atoms with van der Waals surface area (Å²) in [5.74, 6) is 0.836. The molecule has 1 amide bonds. The lowest BCUT2D eigenvalue weighted by molar-refractivity contribution is -0.137. The van der Waals surface area contributed by atoms with E-state index >= 15 is 0 Å². The lowest BCUT2D eigenvalue weighted by Crippen LogP contribution is -2.34. The first-order valence-electron chi connectivity index (χ1n) is 8.87. The summed E-state index contributed by atoms with van der Waals surface area (Å²) in [5.41, 5.74) is 5.55. The standard InChI is InChI=1S/C19H22F3N3O2/c1-12-16(11-25-7-5-13(6-8-25)9-17(23)26)24-18(27-12)14-3-2-4-15(10-14)19(20,21)22/h2-4,10,13H,5-9,11H2,1H3,(H2,23,26). The SMILES string of the molecule is Cc1oc(-c2cccc(C(F)(F)F)c2)nc1CN1CCC(CC(N)=O)CC1. The molecule has 0 spiro atoms. The molecule has 2 aromatic rings. The molecule has 2 heterocycles. The Morgan fingerprint density at radius 2 is 2.04 bits per heavy atom. The number of amides is 1. The number of halogens is 3. The molecule has 0 aliphatic carbocycles. The Balaban J connectivity index is 1.68. The van der Waals surface area contributed by atoms with Crippen molar-refractivity contribution in [3.63, 3.8) is 0 Å². The van der Waals surface area contributed by atoms with Crippen LogP contribution in [0.15, 0.2) is 28.7 Å². The van der Waals surface area contributed by atoms with Crippen molar-refractivity contribution in [2.45, 2.75) is 38.9 Å². The molecule has 27 heavy (non-hydrogen) atoms. The number of likely N-dealkylation sites (tertiary alicyclic amines) is 1. The number of piperidine rings is 1. The average molecular weight is 381 g/mol. The highest BCUT2D eigenvalue weighted by atomic mass is 19.4. The van der Waals surface area contributed by atoms with Gasteiger partial charge in [-0.3, -0.25) is 9.69 Å². The van der Waals surface area contributed by atoms with Gasteiger partial charge in [0.2, 0.25) is 11.8 Å². The number of rotatable bonds is 5. The van der Waals surface area contributed by atoms with Crippen molar-refractivity contribution in [2.24, 2.45) is 11.7 Å². The number of nitrogens with two attached hydrogens (primary N) is 1. The molecular formula is C19H22F3N3O2. The zero-order valence-electron chi connectivity index (χ0n) is 15.1. The maximum atomic E-state index is 12.9. The van der Waals surface area contributed by atoms with Gasteiger partial charge in [0.25, 0.3) is 0 Å². The molecule has 1 fully saturated rings. The van der Waals surface area contributed by atoms with Gasteiger partial charge in [-0.25, -0.2) is 4.98 Å². The Hall–Kier alpha value is -2.35. The molecule has 1 saturated heterocycles. The number of aryl methyl sites for hydroxylation is 1. The van der Waals surface area contributed by atoms with Gasteiger partial charge < -0.3 is 10.2 Å². The van der Waals surface area contributed by atoms with E-state index in [2.05, 4.69) is 9.88 Å². The van der Waals surface area contributed by atoms with Crippen molar-refractivity contribution in [2.75, 3.05) is 13.1 Å². The molecule has 0 radical (unpaired) electrons. The molecule has 0 saturated carbocycles. The fourth-order valence-electron chi connectivity index (χ4n) is 3.37. The molecule has 0 atom stereocenters. The van der Waals surface area contributed by atoms with Gasteiger partial charge in [0.15, 0.2) is 0 Å². The van der Waals surface area contributed by atoms with Gasteiger partial charge in [0.05, 0.1) is 11.3 Å². The molecule has 146 valence electrons. The van der Waals surface area contributed by atoms with Crippen LogP contribution < -0.4 is 5.73 Å². The van der Waals surface area contributed by atoms with E-state index in [1.54, 1.807) is 13.0 Å². The van der Waals surface area contributed by atoms with E-state index in [9.17, 15) is 18.0 Å². The van der Waals surface area contributed by atoms with Gasteiger partial charge in [-0.15, -0.1) is 0 Å². The first-order chi connectivity index (χ1) is 12.7. The fraction of sp³-hybridized carbons (Fsp3) is 0.474. The Morgan fingerprint density at radius 1 is 1.33 bits per heavy atom. The Labute approximate surface area is 155 Å². The quantitative estimate of drug-likeness (QED) is 0.856. The highest BCUT2D eigenvalue weighted by Crippen LogP contribution is 2.32.